The van der Waals surface area contributed by atoms with E-state index in [2.05, 4.69) is 5.32 Å². The van der Waals surface area contributed by atoms with Gasteiger partial charge in [-0.2, -0.15) is 0 Å². The van der Waals surface area contributed by atoms with Crippen LogP contribution >= 0.6 is 11.6 Å². The van der Waals surface area contributed by atoms with Gasteiger partial charge in [0.15, 0.2) is 0 Å². The molecule has 1 rings (SSSR count). The van der Waals surface area contributed by atoms with Crippen molar-refractivity contribution in [2.45, 2.75) is 6.92 Å². The second-order valence-corrected chi connectivity index (χ2v) is 3.64. The van der Waals surface area contributed by atoms with Crippen LogP contribution in [0.5, 0.6) is 0 Å². The lowest BCUT2D eigenvalue weighted by Gasteiger charge is -2.08. The molecule has 76 valence electrons. The van der Waals surface area contributed by atoms with Crippen LogP contribution < -0.4 is 5.32 Å². The summed E-state index contributed by atoms with van der Waals surface area (Å²) in [6.07, 6.45) is 0. The molecule has 0 saturated carbocycles. The van der Waals surface area contributed by atoms with Gasteiger partial charge in [-0.05, 0) is 18.1 Å². The summed E-state index contributed by atoms with van der Waals surface area (Å²) < 4.78 is 0. The van der Waals surface area contributed by atoms with Crippen molar-refractivity contribution in [3.05, 3.63) is 35.9 Å². The molecule has 1 unspecified atom stereocenters. The Morgan fingerprint density at radius 2 is 2.07 bits per heavy atom. The number of rotatable bonds is 4. The van der Waals surface area contributed by atoms with Crippen molar-refractivity contribution in [3.8, 4) is 0 Å². The van der Waals surface area contributed by atoms with Gasteiger partial charge in [0.25, 0.3) is 5.91 Å². The Bertz CT molecular complexity index is 287. The first-order chi connectivity index (χ1) is 6.74. The van der Waals surface area contributed by atoms with Crippen LogP contribution in [0.4, 0.5) is 0 Å². The Labute approximate surface area is 89.3 Å². The van der Waals surface area contributed by atoms with E-state index in [4.69, 9.17) is 11.6 Å². The lowest BCUT2D eigenvalue weighted by Crippen LogP contribution is -2.28. The highest BCUT2D eigenvalue weighted by Gasteiger charge is 2.05. The van der Waals surface area contributed by atoms with Crippen LogP contribution in [0.25, 0.3) is 0 Å². The van der Waals surface area contributed by atoms with E-state index in [0.29, 0.717) is 23.9 Å². The molecule has 1 aromatic rings. The Balaban J connectivity index is 2.44. The van der Waals surface area contributed by atoms with E-state index in [-0.39, 0.29) is 5.91 Å². The molecule has 1 atom stereocenters. The average Bonchev–Trinajstić information content (AvgIpc) is 2.26. The van der Waals surface area contributed by atoms with E-state index in [9.17, 15) is 4.79 Å². The second-order valence-electron chi connectivity index (χ2n) is 3.34. The first-order valence-corrected chi connectivity index (χ1v) is 5.16. The number of carbonyl (C=O) groups is 1. The summed E-state index contributed by atoms with van der Waals surface area (Å²) in [7, 11) is 0. The molecule has 3 heteroatoms. The summed E-state index contributed by atoms with van der Waals surface area (Å²) in [6.45, 7) is 2.62. The third-order valence-electron chi connectivity index (χ3n) is 1.91. The Morgan fingerprint density at radius 1 is 1.43 bits per heavy atom. The monoisotopic (exact) mass is 211 g/mol. The van der Waals surface area contributed by atoms with Gasteiger partial charge < -0.3 is 5.32 Å². The highest BCUT2D eigenvalue weighted by atomic mass is 35.5. The van der Waals surface area contributed by atoms with E-state index in [1.165, 1.54) is 0 Å². The van der Waals surface area contributed by atoms with Crippen molar-refractivity contribution in [1.29, 1.82) is 0 Å². The van der Waals surface area contributed by atoms with Gasteiger partial charge >= 0.3 is 0 Å². The minimum absolute atomic E-state index is 0.0393. The van der Waals surface area contributed by atoms with Crippen LogP contribution in [-0.2, 0) is 0 Å². The molecule has 1 aromatic carbocycles. The smallest absolute Gasteiger partial charge is 0.251 e. The van der Waals surface area contributed by atoms with Gasteiger partial charge in [0.2, 0.25) is 0 Å². The van der Waals surface area contributed by atoms with E-state index in [0.717, 1.165) is 0 Å². The zero-order valence-electron chi connectivity index (χ0n) is 8.16. The Kier molecular flexibility index (Phi) is 4.47. The van der Waals surface area contributed by atoms with Gasteiger partial charge in [-0.3, -0.25) is 4.79 Å². The van der Waals surface area contributed by atoms with E-state index in [1.54, 1.807) is 12.1 Å². The molecule has 0 saturated heterocycles. The molecule has 0 spiro atoms. The Morgan fingerprint density at radius 3 is 2.64 bits per heavy atom. The zero-order valence-corrected chi connectivity index (χ0v) is 8.92. The highest BCUT2D eigenvalue weighted by Crippen LogP contribution is 1.99. The fourth-order valence-corrected chi connectivity index (χ4v) is 1.12. The minimum Gasteiger partial charge on any atom is -0.352 e. The molecule has 0 aliphatic carbocycles. The van der Waals surface area contributed by atoms with Crippen LogP contribution in [0.15, 0.2) is 30.3 Å². The van der Waals surface area contributed by atoms with Gasteiger partial charge in [-0.15, -0.1) is 11.6 Å². The van der Waals surface area contributed by atoms with E-state index in [1.807, 2.05) is 25.1 Å². The van der Waals surface area contributed by atoms with Crippen molar-refractivity contribution in [2.75, 3.05) is 12.4 Å². The molecule has 0 aliphatic heterocycles. The fraction of sp³-hybridized carbons (Fsp3) is 0.364. The standard InChI is InChI=1S/C11H14ClNO/c1-9(7-12)8-13-11(14)10-5-3-2-4-6-10/h2-6,9H,7-8H2,1H3,(H,13,14). The summed E-state index contributed by atoms with van der Waals surface area (Å²) in [4.78, 5) is 11.5. The molecule has 0 fully saturated rings. The number of hydrogen-bond acceptors (Lipinski definition) is 1. The average molecular weight is 212 g/mol. The number of amides is 1. The zero-order chi connectivity index (χ0) is 10.4. The summed E-state index contributed by atoms with van der Waals surface area (Å²) in [6, 6.07) is 9.17. The second kappa shape index (κ2) is 5.66. The maximum atomic E-state index is 11.5. The van der Waals surface area contributed by atoms with Crippen LogP contribution in [-0.4, -0.2) is 18.3 Å². The maximum Gasteiger partial charge on any atom is 0.251 e. The first kappa shape index (κ1) is 11.1. The quantitative estimate of drug-likeness (QED) is 0.761. The van der Waals surface area contributed by atoms with Crippen molar-refractivity contribution in [2.24, 2.45) is 5.92 Å². The van der Waals surface area contributed by atoms with Gasteiger partial charge in [-0.25, -0.2) is 0 Å². The molecule has 1 N–H and O–H groups in total. The predicted molar refractivity (Wildman–Crippen MR) is 58.7 cm³/mol. The number of halogens is 1. The third kappa shape index (κ3) is 3.38. The van der Waals surface area contributed by atoms with Crippen molar-refractivity contribution >= 4 is 17.5 Å². The lowest BCUT2D eigenvalue weighted by atomic mass is 10.2. The molecule has 14 heavy (non-hydrogen) atoms. The van der Waals surface area contributed by atoms with Gasteiger partial charge in [0.1, 0.15) is 0 Å². The SMILES string of the molecule is CC(CCl)CNC(=O)c1ccccc1. The van der Waals surface area contributed by atoms with Gasteiger partial charge in [0, 0.05) is 18.0 Å². The van der Waals surface area contributed by atoms with E-state index >= 15 is 0 Å². The predicted octanol–water partition coefficient (Wildman–Crippen LogP) is 2.29. The molecule has 0 aliphatic rings. The molecule has 1 amide bonds. The van der Waals surface area contributed by atoms with Crippen molar-refractivity contribution in [1.82, 2.24) is 5.32 Å². The Hall–Kier alpha value is -1.02. The lowest BCUT2D eigenvalue weighted by molar-refractivity contribution is 0.0949. The van der Waals surface area contributed by atoms with Crippen LogP contribution in [0.1, 0.15) is 17.3 Å². The third-order valence-corrected chi connectivity index (χ3v) is 2.44. The van der Waals surface area contributed by atoms with Crippen LogP contribution in [0.3, 0.4) is 0 Å². The summed E-state index contributed by atoms with van der Waals surface area (Å²) in [5, 5.41) is 2.83. The first-order valence-electron chi connectivity index (χ1n) is 4.63. The van der Waals surface area contributed by atoms with Gasteiger partial charge in [0.05, 0.1) is 0 Å². The number of alkyl halides is 1. The summed E-state index contributed by atoms with van der Waals surface area (Å²) >= 11 is 5.63. The van der Waals surface area contributed by atoms with Gasteiger partial charge in [-0.1, -0.05) is 25.1 Å². The summed E-state index contributed by atoms with van der Waals surface area (Å²) in [5.41, 5.74) is 0.689. The topological polar surface area (TPSA) is 29.1 Å². The molecular weight excluding hydrogens is 198 g/mol. The molecule has 0 bridgehead atoms. The number of nitrogens with one attached hydrogen (secondary N) is 1. The molecule has 0 heterocycles. The minimum atomic E-state index is -0.0393. The summed E-state index contributed by atoms with van der Waals surface area (Å²) in [5.74, 6) is 0.835. The maximum absolute atomic E-state index is 11.5. The molecule has 0 radical (unpaired) electrons. The molecule has 0 aromatic heterocycles. The highest BCUT2D eigenvalue weighted by molar-refractivity contribution is 6.18. The van der Waals surface area contributed by atoms with Crippen molar-refractivity contribution in [3.63, 3.8) is 0 Å². The number of hydrogen-bond donors (Lipinski definition) is 1. The van der Waals surface area contributed by atoms with Crippen molar-refractivity contribution < 1.29 is 4.79 Å². The van der Waals surface area contributed by atoms with Crippen LogP contribution in [0, 0.1) is 5.92 Å². The number of benzene rings is 1. The fourth-order valence-electron chi connectivity index (χ4n) is 1.01. The van der Waals surface area contributed by atoms with Crippen LogP contribution in [0.2, 0.25) is 0 Å². The number of carbonyl (C=O) groups excluding carboxylic acids is 1. The largest absolute Gasteiger partial charge is 0.352 e. The molecule has 2 nitrogen and oxygen atoms in total. The van der Waals surface area contributed by atoms with E-state index < -0.39 is 0 Å². The molecular formula is C11H14ClNO. The normalized spacial score (nSPS) is 12.1.